The van der Waals surface area contributed by atoms with Gasteiger partial charge in [0.2, 0.25) is 0 Å². The van der Waals surface area contributed by atoms with E-state index >= 15 is 0 Å². The number of rotatable bonds is 1. The van der Waals surface area contributed by atoms with E-state index in [1.807, 2.05) is 0 Å². The highest BCUT2D eigenvalue weighted by atomic mass is 15.2. The Morgan fingerprint density at radius 2 is 1.85 bits per heavy atom. The minimum absolute atomic E-state index is 0.404. The lowest BCUT2D eigenvalue weighted by atomic mass is 9.71. The monoisotopic (exact) mass is 279 g/mol. The number of piperidine rings is 2. The van der Waals surface area contributed by atoms with Crippen LogP contribution in [-0.4, -0.2) is 54.6 Å². The number of hydrogen-bond acceptors (Lipinski definition) is 3. The fourth-order valence-electron chi connectivity index (χ4n) is 4.95. The zero-order valence-corrected chi connectivity index (χ0v) is 13.6. The van der Waals surface area contributed by atoms with Gasteiger partial charge < -0.3 is 10.6 Å². The third kappa shape index (κ3) is 2.90. The summed E-state index contributed by atoms with van der Waals surface area (Å²) >= 11 is 0. The van der Waals surface area contributed by atoms with Gasteiger partial charge in [-0.15, -0.1) is 0 Å². The van der Waals surface area contributed by atoms with E-state index in [2.05, 4.69) is 30.7 Å². The molecule has 3 fully saturated rings. The van der Waals surface area contributed by atoms with E-state index in [-0.39, 0.29) is 0 Å². The van der Waals surface area contributed by atoms with Gasteiger partial charge in [-0.1, -0.05) is 13.8 Å². The van der Waals surface area contributed by atoms with Crippen molar-refractivity contribution < 1.29 is 0 Å². The molecule has 3 nitrogen and oxygen atoms in total. The molecule has 0 radical (unpaired) electrons. The highest BCUT2D eigenvalue weighted by Crippen LogP contribution is 2.39. The van der Waals surface area contributed by atoms with Gasteiger partial charge in [0.15, 0.2) is 0 Å². The lowest BCUT2D eigenvalue weighted by molar-refractivity contribution is -0.00692. The first kappa shape index (κ1) is 14.8. The molecule has 0 amide bonds. The molecule has 2 aliphatic heterocycles. The topological polar surface area (TPSA) is 32.5 Å². The maximum absolute atomic E-state index is 6.47. The molecule has 0 spiro atoms. The van der Waals surface area contributed by atoms with Gasteiger partial charge in [0.1, 0.15) is 0 Å². The second-order valence-corrected chi connectivity index (χ2v) is 8.37. The summed E-state index contributed by atoms with van der Waals surface area (Å²) in [4.78, 5) is 5.36. The number of nitrogens with two attached hydrogens (primary N) is 1. The summed E-state index contributed by atoms with van der Waals surface area (Å²) < 4.78 is 0. The zero-order valence-electron chi connectivity index (χ0n) is 13.6. The number of nitrogens with zero attached hydrogens (tertiary/aromatic N) is 2. The van der Waals surface area contributed by atoms with Gasteiger partial charge in [-0.05, 0) is 63.5 Å². The first-order valence-corrected chi connectivity index (χ1v) is 8.66. The SMILES string of the molecule is CN1CCCC2CN(C3CC(C)(C)CCC3N)CCC21. The Balaban J connectivity index is 1.66. The predicted octanol–water partition coefficient (Wildman–Crippen LogP) is 2.31. The lowest BCUT2D eigenvalue weighted by Crippen LogP contribution is -2.60. The lowest BCUT2D eigenvalue weighted by Gasteiger charge is -2.51. The van der Waals surface area contributed by atoms with Crippen molar-refractivity contribution in [1.29, 1.82) is 0 Å². The summed E-state index contributed by atoms with van der Waals surface area (Å²) in [6.45, 7) is 8.71. The second kappa shape index (κ2) is 5.58. The summed E-state index contributed by atoms with van der Waals surface area (Å²) in [7, 11) is 2.32. The minimum atomic E-state index is 0.404. The Morgan fingerprint density at radius 3 is 2.65 bits per heavy atom. The minimum Gasteiger partial charge on any atom is -0.326 e. The molecule has 3 aliphatic rings. The first-order valence-electron chi connectivity index (χ1n) is 8.66. The third-order valence-electron chi connectivity index (χ3n) is 6.26. The highest BCUT2D eigenvalue weighted by molar-refractivity contribution is 4.97. The molecule has 4 unspecified atom stereocenters. The Morgan fingerprint density at radius 1 is 1.05 bits per heavy atom. The van der Waals surface area contributed by atoms with Crippen molar-refractivity contribution in [2.75, 3.05) is 26.7 Å². The summed E-state index contributed by atoms with van der Waals surface area (Å²) in [5.74, 6) is 0.889. The van der Waals surface area contributed by atoms with Gasteiger partial charge in [-0.3, -0.25) is 4.90 Å². The molecule has 0 aromatic carbocycles. The molecule has 2 heterocycles. The Bertz CT molecular complexity index is 341. The van der Waals surface area contributed by atoms with Crippen LogP contribution in [0.15, 0.2) is 0 Å². The molecule has 116 valence electrons. The van der Waals surface area contributed by atoms with Crippen molar-refractivity contribution >= 4 is 0 Å². The van der Waals surface area contributed by atoms with E-state index in [1.54, 1.807) is 0 Å². The zero-order chi connectivity index (χ0) is 14.3. The van der Waals surface area contributed by atoms with Crippen LogP contribution in [-0.2, 0) is 0 Å². The molecular weight excluding hydrogens is 246 g/mol. The average Bonchev–Trinajstić information content (AvgIpc) is 2.41. The molecule has 0 aromatic rings. The van der Waals surface area contributed by atoms with Crippen LogP contribution >= 0.6 is 0 Å². The van der Waals surface area contributed by atoms with Gasteiger partial charge in [-0.2, -0.15) is 0 Å². The van der Waals surface area contributed by atoms with Crippen LogP contribution in [0.1, 0.15) is 52.4 Å². The number of hydrogen-bond donors (Lipinski definition) is 1. The number of likely N-dealkylation sites (tertiary alicyclic amines) is 2. The van der Waals surface area contributed by atoms with E-state index in [9.17, 15) is 0 Å². The van der Waals surface area contributed by atoms with Gasteiger partial charge in [0.25, 0.3) is 0 Å². The van der Waals surface area contributed by atoms with Gasteiger partial charge in [0, 0.05) is 31.2 Å². The molecule has 1 saturated carbocycles. The quantitative estimate of drug-likeness (QED) is 0.799. The van der Waals surface area contributed by atoms with Gasteiger partial charge in [0.05, 0.1) is 0 Å². The molecule has 0 bridgehead atoms. The molecular formula is C17H33N3. The molecule has 2 saturated heterocycles. The van der Waals surface area contributed by atoms with Crippen molar-refractivity contribution in [3.8, 4) is 0 Å². The van der Waals surface area contributed by atoms with E-state index in [0.29, 0.717) is 17.5 Å². The normalized spacial score (nSPS) is 43.2. The van der Waals surface area contributed by atoms with Crippen LogP contribution in [0.3, 0.4) is 0 Å². The van der Waals surface area contributed by atoms with Gasteiger partial charge >= 0.3 is 0 Å². The van der Waals surface area contributed by atoms with Crippen LogP contribution in [0.2, 0.25) is 0 Å². The molecule has 20 heavy (non-hydrogen) atoms. The van der Waals surface area contributed by atoms with Crippen molar-refractivity contribution in [3.63, 3.8) is 0 Å². The van der Waals surface area contributed by atoms with Gasteiger partial charge in [-0.25, -0.2) is 0 Å². The molecule has 3 rings (SSSR count). The maximum Gasteiger partial charge on any atom is 0.0252 e. The Kier molecular flexibility index (Phi) is 4.13. The molecule has 3 heteroatoms. The molecule has 4 atom stereocenters. The summed E-state index contributed by atoms with van der Waals surface area (Å²) in [5, 5.41) is 0. The van der Waals surface area contributed by atoms with Crippen LogP contribution in [0, 0.1) is 11.3 Å². The Hall–Kier alpha value is -0.120. The number of fused-ring (bicyclic) bond motifs is 1. The van der Waals surface area contributed by atoms with Crippen LogP contribution in [0.5, 0.6) is 0 Å². The van der Waals surface area contributed by atoms with E-state index in [1.165, 1.54) is 58.2 Å². The fraction of sp³-hybridized carbons (Fsp3) is 1.00. The maximum atomic E-state index is 6.47. The first-order chi connectivity index (χ1) is 9.46. The predicted molar refractivity (Wildman–Crippen MR) is 84.7 cm³/mol. The molecule has 2 N–H and O–H groups in total. The smallest absolute Gasteiger partial charge is 0.0252 e. The highest BCUT2D eigenvalue weighted by Gasteiger charge is 2.41. The van der Waals surface area contributed by atoms with Crippen molar-refractivity contribution in [2.24, 2.45) is 17.1 Å². The van der Waals surface area contributed by atoms with E-state index in [4.69, 9.17) is 5.73 Å². The standard InChI is InChI=1S/C17H33N3/c1-17(2)8-6-14(18)16(11-17)20-10-7-15-13(12-20)5-4-9-19(15)3/h13-16H,4-12,18H2,1-3H3. The van der Waals surface area contributed by atoms with Crippen molar-refractivity contribution in [1.82, 2.24) is 9.80 Å². The van der Waals surface area contributed by atoms with Crippen molar-refractivity contribution in [3.05, 3.63) is 0 Å². The summed E-state index contributed by atoms with van der Waals surface area (Å²) in [6, 6.07) is 1.88. The summed E-state index contributed by atoms with van der Waals surface area (Å²) in [5.41, 5.74) is 6.96. The van der Waals surface area contributed by atoms with Crippen molar-refractivity contribution in [2.45, 2.75) is 70.5 Å². The summed E-state index contributed by atoms with van der Waals surface area (Å²) in [6.07, 6.45) is 7.96. The van der Waals surface area contributed by atoms with E-state index < -0.39 is 0 Å². The van der Waals surface area contributed by atoms with Crippen LogP contribution < -0.4 is 5.73 Å². The molecule has 0 aromatic heterocycles. The largest absolute Gasteiger partial charge is 0.326 e. The van der Waals surface area contributed by atoms with E-state index in [0.717, 1.165) is 12.0 Å². The third-order valence-corrected chi connectivity index (χ3v) is 6.26. The van der Waals surface area contributed by atoms with Crippen LogP contribution in [0.25, 0.3) is 0 Å². The molecule has 1 aliphatic carbocycles. The average molecular weight is 279 g/mol. The Labute approximate surface area is 124 Å². The second-order valence-electron chi connectivity index (χ2n) is 8.37. The fourth-order valence-corrected chi connectivity index (χ4v) is 4.95. The van der Waals surface area contributed by atoms with Crippen LogP contribution in [0.4, 0.5) is 0 Å².